The number of hydrogen-bond donors (Lipinski definition) is 0. The van der Waals surface area contributed by atoms with Gasteiger partial charge in [0, 0.05) is 19.3 Å². The van der Waals surface area contributed by atoms with Gasteiger partial charge >= 0.3 is 17.9 Å². The lowest BCUT2D eigenvalue weighted by atomic mass is 10.0. The smallest absolute Gasteiger partial charge is 0.306 e. The van der Waals surface area contributed by atoms with Crippen LogP contribution in [0.4, 0.5) is 0 Å². The third-order valence-electron chi connectivity index (χ3n) is 11.2. The average molecular weight is 879 g/mol. The maximum absolute atomic E-state index is 12.8. The first-order valence-electron chi connectivity index (χ1n) is 26.4. The number of allylic oxidation sites excluding steroid dienone is 12. The Labute approximate surface area is 389 Å². The first kappa shape index (κ1) is 59.9. The van der Waals surface area contributed by atoms with Gasteiger partial charge in [0.1, 0.15) is 13.2 Å². The molecule has 0 N–H and O–H groups in total. The van der Waals surface area contributed by atoms with Crippen LogP contribution in [-0.4, -0.2) is 37.2 Å². The zero-order chi connectivity index (χ0) is 45.8. The minimum absolute atomic E-state index is 0.0961. The Morgan fingerprint density at radius 1 is 0.333 bits per heavy atom. The predicted molar refractivity (Wildman–Crippen MR) is 270 cm³/mol. The van der Waals surface area contributed by atoms with E-state index in [0.29, 0.717) is 19.3 Å². The second-order valence-corrected chi connectivity index (χ2v) is 17.4. The number of carbonyl (C=O) groups excluding carboxylic acids is 3. The fourth-order valence-corrected chi connectivity index (χ4v) is 7.29. The van der Waals surface area contributed by atoms with Gasteiger partial charge in [0.2, 0.25) is 0 Å². The van der Waals surface area contributed by atoms with Crippen LogP contribution in [0.3, 0.4) is 0 Å². The standard InChI is InChI=1S/C57H98O6/c1-4-7-10-13-16-19-21-23-25-27-29-31-32-34-36-38-41-44-47-50-56(59)62-53-54(52-61-55(58)49-46-43-40-18-15-12-9-6-3)63-57(60)51-48-45-42-39-37-35-33-30-28-26-24-22-20-17-14-11-8-5-2/h7,10,16,19,23,25,29,31,34,36,41,44,54H,4-6,8-9,11-15,17-18,20-22,24,26-28,30,32-33,35,37-40,42-43,45-53H2,1-3H3/b10-7-,19-16-,25-23-,31-29-,36-34-,44-41-. The van der Waals surface area contributed by atoms with Crippen molar-refractivity contribution in [1.82, 2.24) is 0 Å². The fourth-order valence-electron chi connectivity index (χ4n) is 7.29. The van der Waals surface area contributed by atoms with Crippen molar-refractivity contribution in [2.45, 2.75) is 258 Å². The van der Waals surface area contributed by atoms with E-state index in [2.05, 4.69) is 87.6 Å². The molecule has 1 unspecified atom stereocenters. The summed E-state index contributed by atoms with van der Waals surface area (Å²) in [5.41, 5.74) is 0. The molecule has 0 spiro atoms. The van der Waals surface area contributed by atoms with Gasteiger partial charge in [-0.15, -0.1) is 0 Å². The Kier molecular flexibility index (Phi) is 48.9. The third kappa shape index (κ3) is 49.7. The summed E-state index contributed by atoms with van der Waals surface area (Å²) >= 11 is 0. The maximum Gasteiger partial charge on any atom is 0.306 e. The van der Waals surface area contributed by atoms with Crippen LogP contribution in [0.5, 0.6) is 0 Å². The number of carbonyl (C=O) groups is 3. The van der Waals surface area contributed by atoms with Crippen molar-refractivity contribution in [3.63, 3.8) is 0 Å². The van der Waals surface area contributed by atoms with Crippen LogP contribution in [0.15, 0.2) is 72.9 Å². The van der Waals surface area contributed by atoms with E-state index in [1.165, 1.54) is 128 Å². The van der Waals surface area contributed by atoms with Gasteiger partial charge in [-0.25, -0.2) is 0 Å². The lowest BCUT2D eigenvalue weighted by molar-refractivity contribution is -0.166. The highest BCUT2D eigenvalue weighted by Gasteiger charge is 2.19. The minimum atomic E-state index is -0.801. The second kappa shape index (κ2) is 51.5. The number of unbranched alkanes of at least 4 members (excludes halogenated alkanes) is 24. The quantitative estimate of drug-likeness (QED) is 0.0262. The van der Waals surface area contributed by atoms with Gasteiger partial charge in [-0.1, -0.05) is 248 Å². The molecular weight excluding hydrogens is 781 g/mol. The van der Waals surface area contributed by atoms with E-state index in [4.69, 9.17) is 14.2 Å². The highest BCUT2D eigenvalue weighted by atomic mass is 16.6. The Morgan fingerprint density at radius 2 is 0.619 bits per heavy atom. The molecule has 0 bridgehead atoms. The second-order valence-electron chi connectivity index (χ2n) is 17.4. The molecule has 0 rings (SSSR count). The highest BCUT2D eigenvalue weighted by Crippen LogP contribution is 2.16. The molecule has 362 valence electrons. The van der Waals surface area contributed by atoms with Gasteiger partial charge in [0.15, 0.2) is 6.10 Å². The summed E-state index contributed by atoms with van der Waals surface area (Å²) in [6.07, 6.45) is 64.8. The summed E-state index contributed by atoms with van der Waals surface area (Å²) < 4.78 is 16.7. The molecule has 0 amide bonds. The van der Waals surface area contributed by atoms with Crippen LogP contribution < -0.4 is 0 Å². The number of rotatable bonds is 47. The fraction of sp³-hybridized carbons (Fsp3) is 0.737. The molecule has 0 aromatic rings. The SMILES string of the molecule is CC/C=C\C/C=C\C/C=C\C/C=C\C/C=C\C/C=C\CCC(=O)OCC(COC(=O)CCCCCCCCCC)OC(=O)CCCCCCCCCCCCCCCCCCCC. The molecule has 0 aliphatic carbocycles. The first-order valence-corrected chi connectivity index (χ1v) is 26.4. The summed E-state index contributed by atoms with van der Waals surface area (Å²) in [6.45, 7) is 6.44. The van der Waals surface area contributed by atoms with Crippen molar-refractivity contribution in [3.8, 4) is 0 Å². The van der Waals surface area contributed by atoms with E-state index in [1.54, 1.807) is 0 Å². The van der Waals surface area contributed by atoms with E-state index in [1.807, 2.05) is 6.08 Å². The zero-order valence-corrected chi connectivity index (χ0v) is 41.3. The van der Waals surface area contributed by atoms with Gasteiger partial charge < -0.3 is 14.2 Å². The largest absolute Gasteiger partial charge is 0.462 e. The van der Waals surface area contributed by atoms with E-state index < -0.39 is 6.10 Å². The molecule has 0 aromatic heterocycles. The highest BCUT2D eigenvalue weighted by molar-refractivity contribution is 5.71. The van der Waals surface area contributed by atoms with Gasteiger partial charge in [0.25, 0.3) is 0 Å². The van der Waals surface area contributed by atoms with Crippen LogP contribution in [0.25, 0.3) is 0 Å². The van der Waals surface area contributed by atoms with E-state index >= 15 is 0 Å². The van der Waals surface area contributed by atoms with Crippen molar-refractivity contribution >= 4 is 17.9 Å². The van der Waals surface area contributed by atoms with E-state index in [0.717, 1.165) is 77.0 Å². The molecular formula is C57H98O6. The summed E-state index contributed by atoms with van der Waals surface area (Å²) in [5, 5.41) is 0. The van der Waals surface area contributed by atoms with Crippen molar-refractivity contribution in [2.75, 3.05) is 13.2 Å². The topological polar surface area (TPSA) is 78.9 Å². The van der Waals surface area contributed by atoms with Crippen LogP contribution >= 0.6 is 0 Å². The number of hydrogen-bond acceptors (Lipinski definition) is 6. The predicted octanol–water partition coefficient (Wildman–Crippen LogP) is 17.4. The average Bonchev–Trinajstić information content (AvgIpc) is 3.28. The molecule has 0 aliphatic rings. The first-order chi connectivity index (χ1) is 31.0. The molecule has 6 heteroatoms. The van der Waals surface area contributed by atoms with Crippen molar-refractivity contribution < 1.29 is 28.6 Å². The molecule has 0 fully saturated rings. The normalized spacial score (nSPS) is 12.6. The molecule has 63 heavy (non-hydrogen) atoms. The molecule has 0 saturated carbocycles. The summed E-state index contributed by atoms with van der Waals surface area (Å²) in [7, 11) is 0. The Balaban J connectivity index is 4.38. The summed E-state index contributed by atoms with van der Waals surface area (Å²) in [4.78, 5) is 37.8. The maximum atomic E-state index is 12.8. The van der Waals surface area contributed by atoms with Crippen LogP contribution in [0.1, 0.15) is 252 Å². The molecule has 1 atom stereocenters. The van der Waals surface area contributed by atoms with E-state index in [9.17, 15) is 14.4 Å². The van der Waals surface area contributed by atoms with Crippen molar-refractivity contribution in [1.29, 1.82) is 0 Å². The minimum Gasteiger partial charge on any atom is -0.462 e. The van der Waals surface area contributed by atoms with Crippen LogP contribution in [-0.2, 0) is 28.6 Å². The van der Waals surface area contributed by atoms with Crippen LogP contribution in [0, 0.1) is 0 Å². The number of ether oxygens (including phenoxy) is 3. The molecule has 0 heterocycles. The lowest BCUT2D eigenvalue weighted by Crippen LogP contribution is -2.30. The lowest BCUT2D eigenvalue weighted by Gasteiger charge is -2.18. The van der Waals surface area contributed by atoms with Crippen molar-refractivity contribution in [2.24, 2.45) is 0 Å². The van der Waals surface area contributed by atoms with Gasteiger partial charge in [-0.2, -0.15) is 0 Å². The van der Waals surface area contributed by atoms with Gasteiger partial charge in [0.05, 0.1) is 0 Å². The Bertz CT molecular complexity index is 1190. The monoisotopic (exact) mass is 879 g/mol. The zero-order valence-electron chi connectivity index (χ0n) is 41.3. The molecule has 0 aromatic carbocycles. The number of esters is 3. The molecule has 0 radical (unpaired) electrons. The van der Waals surface area contributed by atoms with E-state index in [-0.39, 0.29) is 37.5 Å². The van der Waals surface area contributed by atoms with Crippen LogP contribution in [0.2, 0.25) is 0 Å². The van der Waals surface area contributed by atoms with Gasteiger partial charge in [-0.05, 0) is 57.8 Å². The summed E-state index contributed by atoms with van der Waals surface area (Å²) in [6, 6.07) is 0. The van der Waals surface area contributed by atoms with Gasteiger partial charge in [-0.3, -0.25) is 14.4 Å². The Hall–Kier alpha value is -3.15. The summed E-state index contributed by atoms with van der Waals surface area (Å²) in [5.74, 6) is -0.983. The molecule has 6 nitrogen and oxygen atoms in total. The van der Waals surface area contributed by atoms with Crippen molar-refractivity contribution in [3.05, 3.63) is 72.9 Å². The molecule has 0 aliphatic heterocycles. The third-order valence-corrected chi connectivity index (χ3v) is 11.2. The molecule has 0 saturated heterocycles. The Morgan fingerprint density at radius 3 is 0.968 bits per heavy atom.